The van der Waals surface area contributed by atoms with Crippen molar-refractivity contribution in [3.63, 3.8) is 0 Å². The highest BCUT2D eigenvalue weighted by molar-refractivity contribution is 5.76. The maximum Gasteiger partial charge on any atom is 0.267 e. The van der Waals surface area contributed by atoms with E-state index in [0.717, 1.165) is 13.1 Å². The highest BCUT2D eigenvalue weighted by Crippen LogP contribution is 2.31. The molecule has 172 valence electrons. The molecule has 0 unspecified atom stereocenters. The third-order valence-corrected chi connectivity index (χ3v) is 5.83. The van der Waals surface area contributed by atoms with Crippen LogP contribution in [0, 0.1) is 6.92 Å². The Labute approximate surface area is 193 Å². The van der Waals surface area contributed by atoms with E-state index in [4.69, 9.17) is 9.47 Å². The summed E-state index contributed by atoms with van der Waals surface area (Å²) >= 11 is 0. The van der Waals surface area contributed by atoms with Crippen molar-refractivity contribution in [1.82, 2.24) is 14.7 Å². The van der Waals surface area contributed by atoms with Crippen LogP contribution < -0.4 is 19.9 Å². The Morgan fingerprint density at radius 1 is 0.970 bits per heavy atom. The summed E-state index contributed by atoms with van der Waals surface area (Å²) in [5.41, 5.74) is 3.27. The van der Waals surface area contributed by atoms with Crippen molar-refractivity contribution in [2.75, 3.05) is 45.3 Å². The van der Waals surface area contributed by atoms with Crippen molar-refractivity contribution in [3.05, 3.63) is 70.5 Å². The van der Waals surface area contributed by atoms with Gasteiger partial charge < -0.3 is 19.3 Å². The fraction of sp³-hybridized carbons (Fsp3) is 0.320. The molecule has 0 atom stereocenters. The molecule has 0 aliphatic carbocycles. The number of amides is 1. The van der Waals surface area contributed by atoms with E-state index < -0.39 is 0 Å². The lowest BCUT2D eigenvalue weighted by molar-refractivity contribution is -0.132. The summed E-state index contributed by atoms with van der Waals surface area (Å²) < 4.78 is 12.0. The number of aryl methyl sites for hydroxylation is 1. The Bertz CT molecular complexity index is 1200. The van der Waals surface area contributed by atoms with Gasteiger partial charge >= 0.3 is 0 Å². The molecule has 1 aromatic heterocycles. The minimum absolute atomic E-state index is 0.108. The molecule has 3 aromatic rings. The smallest absolute Gasteiger partial charge is 0.267 e. The van der Waals surface area contributed by atoms with Crippen molar-refractivity contribution in [2.24, 2.45) is 0 Å². The van der Waals surface area contributed by atoms with Crippen LogP contribution in [-0.2, 0) is 11.3 Å². The van der Waals surface area contributed by atoms with Gasteiger partial charge in [-0.25, -0.2) is 4.68 Å². The highest BCUT2D eigenvalue weighted by atomic mass is 16.5. The van der Waals surface area contributed by atoms with Crippen LogP contribution in [0.4, 0.5) is 5.69 Å². The lowest BCUT2D eigenvalue weighted by atomic mass is 10.1. The summed E-state index contributed by atoms with van der Waals surface area (Å²) in [6.45, 7) is 4.67. The van der Waals surface area contributed by atoms with Crippen molar-refractivity contribution < 1.29 is 14.3 Å². The first-order valence-corrected chi connectivity index (χ1v) is 10.9. The average molecular weight is 449 g/mol. The minimum atomic E-state index is -0.327. The normalized spacial score (nSPS) is 13.7. The zero-order valence-electron chi connectivity index (χ0n) is 19.2. The van der Waals surface area contributed by atoms with E-state index in [9.17, 15) is 9.59 Å². The van der Waals surface area contributed by atoms with Crippen molar-refractivity contribution >= 4 is 11.6 Å². The number of ether oxygens (including phenoxy) is 2. The summed E-state index contributed by atoms with van der Waals surface area (Å²) in [5.74, 6) is 1.13. The molecule has 8 heteroatoms. The van der Waals surface area contributed by atoms with E-state index in [1.165, 1.54) is 22.0 Å². The molecule has 0 N–H and O–H groups in total. The number of hydrogen-bond donors (Lipinski definition) is 0. The number of benzene rings is 2. The molecule has 0 spiro atoms. The molecular weight excluding hydrogens is 420 g/mol. The summed E-state index contributed by atoms with van der Waals surface area (Å²) in [6, 6.07) is 16.8. The van der Waals surface area contributed by atoms with E-state index >= 15 is 0 Å². The van der Waals surface area contributed by atoms with Gasteiger partial charge in [-0.15, -0.1) is 0 Å². The van der Waals surface area contributed by atoms with Crippen molar-refractivity contribution in [1.29, 1.82) is 0 Å². The number of piperazine rings is 1. The quantitative estimate of drug-likeness (QED) is 0.577. The predicted octanol–water partition coefficient (Wildman–Crippen LogP) is 2.58. The van der Waals surface area contributed by atoms with Crippen LogP contribution in [0.1, 0.15) is 5.56 Å². The van der Waals surface area contributed by atoms with Crippen LogP contribution in [-0.4, -0.2) is 61.0 Å². The molecule has 0 bridgehead atoms. The zero-order chi connectivity index (χ0) is 23.4. The largest absolute Gasteiger partial charge is 0.497 e. The van der Waals surface area contributed by atoms with Crippen LogP contribution in [0.3, 0.4) is 0 Å². The number of carbonyl (C=O) groups is 1. The van der Waals surface area contributed by atoms with E-state index in [1.54, 1.807) is 43.4 Å². The number of aromatic nitrogens is 2. The molecule has 1 fully saturated rings. The van der Waals surface area contributed by atoms with Gasteiger partial charge in [0, 0.05) is 43.5 Å². The Morgan fingerprint density at radius 3 is 2.45 bits per heavy atom. The second-order valence-electron chi connectivity index (χ2n) is 7.99. The summed E-state index contributed by atoms with van der Waals surface area (Å²) in [6.07, 6.45) is 0. The molecule has 2 heterocycles. The highest BCUT2D eigenvalue weighted by Gasteiger charge is 2.22. The third kappa shape index (κ3) is 5.00. The SMILES string of the molecule is COc1ccc(OC)c(-c2ccc(=O)n(CC(=O)N3CCN(c4cccc(C)c4)CC3)n2)c1. The molecular formula is C25H28N4O4. The van der Waals surface area contributed by atoms with Gasteiger partial charge in [0.05, 0.1) is 19.9 Å². The standard InChI is InChI=1S/C25H28N4O4/c1-18-5-4-6-19(15-18)27-11-13-28(14-12-27)25(31)17-29-24(30)10-8-22(26-29)21-16-20(32-2)7-9-23(21)33-3/h4-10,15-16H,11-14,17H2,1-3H3. The first-order valence-electron chi connectivity index (χ1n) is 10.9. The molecule has 1 saturated heterocycles. The number of anilines is 1. The van der Waals surface area contributed by atoms with E-state index in [1.807, 2.05) is 6.07 Å². The molecule has 2 aromatic carbocycles. The van der Waals surface area contributed by atoms with Gasteiger partial charge in [0.15, 0.2) is 0 Å². The maximum atomic E-state index is 13.0. The first-order chi connectivity index (χ1) is 16.0. The summed E-state index contributed by atoms with van der Waals surface area (Å²) in [5, 5.41) is 4.44. The van der Waals surface area contributed by atoms with Crippen molar-refractivity contribution in [2.45, 2.75) is 13.5 Å². The Hall–Kier alpha value is -3.81. The third-order valence-electron chi connectivity index (χ3n) is 5.83. The monoisotopic (exact) mass is 448 g/mol. The Morgan fingerprint density at radius 2 is 1.76 bits per heavy atom. The number of methoxy groups -OCH3 is 2. The Kier molecular flexibility index (Phi) is 6.63. The van der Waals surface area contributed by atoms with Gasteiger partial charge in [0.25, 0.3) is 5.56 Å². The lowest BCUT2D eigenvalue weighted by Gasteiger charge is -2.36. The van der Waals surface area contributed by atoms with Gasteiger partial charge in [-0.05, 0) is 48.9 Å². The number of hydrogen-bond acceptors (Lipinski definition) is 6. The molecule has 1 aliphatic rings. The van der Waals surface area contributed by atoms with E-state index in [-0.39, 0.29) is 18.0 Å². The summed E-state index contributed by atoms with van der Waals surface area (Å²) in [7, 11) is 3.15. The minimum Gasteiger partial charge on any atom is -0.497 e. The van der Waals surface area contributed by atoms with E-state index in [2.05, 4.69) is 35.1 Å². The number of carbonyl (C=O) groups excluding carboxylic acids is 1. The predicted molar refractivity (Wildman–Crippen MR) is 127 cm³/mol. The van der Waals surface area contributed by atoms with Crippen LogP contribution in [0.2, 0.25) is 0 Å². The zero-order valence-corrected chi connectivity index (χ0v) is 19.2. The molecule has 8 nitrogen and oxygen atoms in total. The molecule has 4 rings (SSSR count). The van der Waals surface area contributed by atoms with E-state index in [0.29, 0.717) is 35.8 Å². The number of nitrogens with zero attached hydrogens (tertiary/aromatic N) is 4. The van der Waals surface area contributed by atoms with Crippen LogP contribution in [0.25, 0.3) is 11.3 Å². The van der Waals surface area contributed by atoms with Crippen LogP contribution in [0.15, 0.2) is 59.4 Å². The van der Waals surface area contributed by atoms with Crippen LogP contribution in [0.5, 0.6) is 11.5 Å². The second-order valence-corrected chi connectivity index (χ2v) is 7.99. The summed E-state index contributed by atoms with van der Waals surface area (Å²) in [4.78, 5) is 29.5. The Balaban J connectivity index is 1.48. The van der Waals surface area contributed by atoms with Gasteiger partial charge in [-0.2, -0.15) is 5.10 Å². The molecule has 0 saturated carbocycles. The topological polar surface area (TPSA) is 76.9 Å². The molecule has 1 amide bonds. The molecule has 33 heavy (non-hydrogen) atoms. The molecule has 0 radical (unpaired) electrons. The fourth-order valence-corrected chi connectivity index (χ4v) is 3.99. The van der Waals surface area contributed by atoms with Gasteiger partial charge in [-0.3, -0.25) is 9.59 Å². The number of rotatable bonds is 6. The van der Waals surface area contributed by atoms with Gasteiger partial charge in [-0.1, -0.05) is 12.1 Å². The average Bonchev–Trinajstić information content (AvgIpc) is 2.85. The maximum absolute atomic E-state index is 13.0. The van der Waals surface area contributed by atoms with Crippen LogP contribution >= 0.6 is 0 Å². The second kappa shape index (κ2) is 9.77. The first kappa shape index (κ1) is 22.4. The van der Waals surface area contributed by atoms with Gasteiger partial charge in [0.2, 0.25) is 5.91 Å². The fourth-order valence-electron chi connectivity index (χ4n) is 3.99. The van der Waals surface area contributed by atoms with Gasteiger partial charge in [0.1, 0.15) is 18.0 Å². The lowest BCUT2D eigenvalue weighted by Crippen LogP contribution is -2.50. The van der Waals surface area contributed by atoms with Crippen molar-refractivity contribution in [3.8, 4) is 22.8 Å². The molecule has 1 aliphatic heterocycles.